The second kappa shape index (κ2) is 5.73. The predicted molar refractivity (Wildman–Crippen MR) is 77.1 cm³/mol. The van der Waals surface area contributed by atoms with Crippen LogP contribution in [0.5, 0.6) is 0 Å². The van der Waals surface area contributed by atoms with E-state index >= 15 is 0 Å². The Hall–Kier alpha value is -2.08. The van der Waals surface area contributed by atoms with Gasteiger partial charge < -0.3 is 20.2 Å². The van der Waals surface area contributed by atoms with E-state index in [2.05, 4.69) is 5.32 Å². The molecule has 3 rings (SSSR count). The fraction of sp³-hybridized carbons (Fsp3) is 0.467. The van der Waals surface area contributed by atoms with E-state index in [0.29, 0.717) is 13.1 Å². The van der Waals surface area contributed by atoms with Gasteiger partial charge in [0.05, 0.1) is 5.56 Å². The Balaban J connectivity index is 1.71. The van der Waals surface area contributed by atoms with Crippen LogP contribution in [0.2, 0.25) is 0 Å². The van der Waals surface area contributed by atoms with Crippen LogP contribution < -0.4 is 5.32 Å². The van der Waals surface area contributed by atoms with Gasteiger partial charge in [0.25, 0.3) is 0 Å². The van der Waals surface area contributed by atoms with Crippen molar-refractivity contribution in [2.45, 2.75) is 19.5 Å². The first-order valence-corrected chi connectivity index (χ1v) is 7.25. The number of benzene rings is 1. The minimum absolute atomic E-state index is 0.0479. The lowest BCUT2D eigenvalue weighted by Crippen LogP contribution is -2.42. The summed E-state index contributed by atoms with van der Waals surface area (Å²) in [5.41, 5.74) is 2.26. The van der Waals surface area contributed by atoms with Gasteiger partial charge in [0.15, 0.2) is 0 Å². The summed E-state index contributed by atoms with van der Waals surface area (Å²) in [6, 6.07) is 5.14. The van der Waals surface area contributed by atoms with Crippen molar-refractivity contribution in [3.63, 3.8) is 0 Å². The number of amides is 2. The zero-order valence-electron chi connectivity index (χ0n) is 11.8. The molecule has 2 aliphatic rings. The Morgan fingerprint density at radius 3 is 2.67 bits per heavy atom. The SMILES string of the molecule is O=C(O)c1ccc2c(c1)CN(C(=O)N1CCCNCC1)C2. The van der Waals surface area contributed by atoms with E-state index in [1.165, 1.54) is 0 Å². The Morgan fingerprint density at radius 1 is 1.05 bits per heavy atom. The molecule has 2 aliphatic heterocycles. The maximum Gasteiger partial charge on any atom is 0.335 e. The molecular formula is C15H19N3O3. The fourth-order valence-corrected chi connectivity index (χ4v) is 2.90. The lowest BCUT2D eigenvalue weighted by atomic mass is 10.1. The maximum atomic E-state index is 12.5. The van der Waals surface area contributed by atoms with Gasteiger partial charge in [0, 0.05) is 32.7 Å². The summed E-state index contributed by atoms with van der Waals surface area (Å²) >= 11 is 0. The zero-order valence-corrected chi connectivity index (χ0v) is 11.8. The Bertz CT molecular complexity index is 565. The second-order valence-electron chi connectivity index (χ2n) is 5.52. The molecule has 112 valence electrons. The third-order valence-electron chi connectivity index (χ3n) is 4.06. The molecule has 6 nitrogen and oxygen atoms in total. The largest absolute Gasteiger partial charge is 0.478 e. The van der Waals surface area contributed by atoms with Crippen molar-refractivity contribution in [1.82, 2.24) is 15.1 Å². The lowest BCUT2D eigenvalue weighted by Gasteiger charge is -2.26. The van der Waals surface area contributed by atoms with E-state index in [9.17, 15) is 9.59 Å². The highest BCUT2D eigenvalue weighted by Gasteiger charge is 2.27. The van der Waals surface area contributed by atoms with Crippen LogP contribution in [0, 0.1) is 0 Å². The summed E-state index contributed by atoms with van der Waals surface area (Å²) in [6.45, 7) is 4.35. The van der Waals surface area contributed by atoms with Gasteiger partial charge in [-0.3, -0.25) is 0 Å². The first-order chi connectivity index (χ1) is 10.1. The number of carbonyl (C=O) groups excluding carboxylic acids is 1. The molecule has 0 atom stereocenters. The van der Waals surface area contributed by atoms with Gasteiger partial charge in [-0.15, -0.1) is 0 Å². The van der Waals surface area contributed by atoms with Crippen LogP contribution in [0.25, 0.3) is 0 Å². The summed E-state index contributed by atoms with van der Waals surface area (Å²) in [4.78, 5) is 27.2. The number of carboxylic acids is 1. The number of carboxylic acid groups (broad SMARTS) is 1. The smallest absolute Gasteiger partial charge is 0.335 e. The van der Waals surface area contributed by atoms with Crippen LogP contribution in [0.4, 0.5) is 4.79 Å². The monoisotopic (exact) mass is 289 g/mol. The Morgan fingerprint density at radius 2 is 1.86 bits per heavy atom. The number of nitrogens with one attached hydrogen (secondary N) is 1. The topological polar surface area (TPSA) is 72.9 Å². The number of hydrogen-bond acceptors (Lipinski definition) is 3. The molecule has 0 unspecified atom stereocenters. The standard InChI is InChI=1S/C15H19N3O3/c19-14(20)11-2-3-12-9-18(10-13(12)8-11)15(21)17-6-1-4-16-5-7-17/h2-3,8,16H,1,4-7,9-10H2,(H,19,20). The molecule has 0 saturated carbocycles. The highest BCUT2D eigenvalue weighted by molar-refractivity contribution is 5.88. The molecule has 0 bridgehead atoms. The van der Waals surface area contributed by atoms with Crippen LogP contribution in [-0.2, 0) is 13.1 Å². The van der Waals surface area contributed by atoms with Gasteiger partial charge in [0.2, 0.25) is 0 Å². The summed E-state index contributed by atoms with van der Waals surface area (Å²) in [5.74, 6) is -0.929. The lowest BCUT2D eigenvalue weighted by molar-refractivity contribution is 0.0696. The highest BCUT2D eigenvalue weighted by Crippen LogP contribution is 2.25. The van der Waals surface area contributed by atoms with Crippen molar-refractivity contribution in [3.05, 3.63) is 34.9 Å². The summed E-state index contributed by atoms with van der Waals surface area (Å²) in [7, 11) is 0. The number of fused-ring (bicyclic) bond motifs is 1. The minimum Gasteiger partial charge on any atom is -0.478 e. The van der Waals surface area contributed by atoms with E-state index < -0.39 is 5.97 Å². The molecule has 0 spiro atoms. The van der Waals surface area contributed by atoms with Crippen molar-refractivity contribution >= 4 is 12.0 Å². The molecular weight excluding hydrogens is 270 g/mol. The molecule has 0 aliphatic carbocycles. The van der Waals surface area contributed by atoms with Crippen LogP contribution in [0.1, 0.15) is 27.9 Å². The molecule has 2 amide bonds. The first kappa shape index (κ1) is 13.9. The van der Waals surface area contributed by atoms with Gasteiger partial charge in [-0.25, -0.2) is 9.59 Å². The van der Waals surface area contributed by atoms with Crippen molar-refractivity contribution in [1.29, 1.82) is 0 Å². The molecule has 1 aromatic carbocycles. The molecule has 2 N–H and O–H groups in total. The third kappa shape index (κ3) is 2.85. The number of carbonyl (C=O) groups is 2. The number of urea groups is 1. The second-order valence-corrected chi connectivity index (χ2v) is 5.52. The van der Waals surface area contributed by atoms with Crippen LogP contribution in [0.15, 0.2) is 18.2 Å². The van der Waals surface area contributed by atoms with E-state index in [0.717, 1.165) is 43.7 Å². The molecule has 1 saturated heterocycles. The first-order valence-electron chi connectivity index (χ1n) is 7.25. The Kier molecular flexibility index (Phi) is 3.79. The van der Waals surface area contributed by atoms with Gasteiger partial charge in [-0.1, -0.05) is 6.07 Å². The molecule has 1 fully saturated rings. The van der Waals surface area contributed by atoms with Crippen molar-refractivity contribution in [2.24, 2.45) is 0 Å². The molecule has 1 aromatic rings. The number of rotatable bonds is 1. The third-order valence-corrected chi connectivity index (χ3v) is 4.06. The zero-order chi connectivity index (χ0) is 14.8. The van der Waals surface area contributed by atoms with E-state index in [1.807, 2.05) is 11.0 Å². The molecule has 0 radical (unpaired) electrons. The van der Waals surface area contributed by atoms with Crippen molar-refractivity contribution in [3.8, 4) is 0 Å². The van der Waals surface area contributed by atoms with Gasteiger partial charge >= 0.3 is 12.0 Å². The summed E-state index contributed by atoms with van der Waals surface area (Å²) in [5, 5.41) is 12.3. The van der Waals surface area contributed by atoms with E-state index in [-0.39, 0.29) is 11.6 Å². The van der Waals surface area contributed by atoms with E-state index in [4.69, 9.17) is 5.11 Å². The molecule has 21 heavy (non-hydrogen) atoms. The Labute approximate surface area is 123 Å². The molecule has 6 heteroatoms. The fourth-order valence-electron chi connectivity index (χ4n) is 2.90. The van der Waals surface area contributed by atoms with Crippen LogP contribution >= 0.6 is 0 Å². The number of hydrogen-bond donors (Lipinski definition) is 2. The highest BCUT2D eigenvalue weighted by atomic mass is 16.4. The predicted octanol–water partition coefficient (Wildman–Crippen LogP) is 1.12. The molecule has 0 aromatic heterocycles. The van der Waals surface area contributed by atoms with Crippen molar-refractivity contribution in [2.75, 3.05) is 26.2 Å². The average molecular weight is 289 g/mol. The summed E-state index contributed by atoms with van der Waals surface area (Å²) < 4.78 is 0. The molecule has 2 heterocycles. The van der Waals surface area contributed by atoms with Gasteiger partial charge in [-0.05, 0) is 36.2 Å². The number of aromatic carboxylic acids is 1. The average Bonchev–Trinajstić information content (AvgIpc) is 2.71. The van der Waals surface area contributed by atoms with Gasteiger partial charge in [0.1, 0.15) is 0 Å². The summed E-state index contributed by atoms with van der Waals surface area (Å²) in [6.07, 6.45) is 0.968. The quantitative estimate of drug-likeness (QED) is 0.812. The van der Waals surface area contributed by atoms with Gasteiger partial charge in [-0.2, -0.15) is 0 Å². The van der Waals surface area contributed by atoms with Crippen LogP contribution in [-0.4, -0.2) is 53.1 Å². The normalized spacial score (nSPS) is 18.3. The van der Waals surface area contributed by atoms with Crippen molar-refractivity contribution < 1.29 is 14.7 Å². The number of nitrogens with zero attached hydrogens (tertiary/aromatic N) is 2. The van der Waals surface area contributed by atoms with Crippen LogP contribution in [0.3, 0.4) is 0 Å². The maximum absolute atomic E-state index is 12.5. The minimum atomic E-state index is -0.929. The van der Waals surface area contributed by atoms with E-state index in [1.54, 1.807) is 17.0 Å².